The molecular formula is C20H25N5O4. The third kappa shape index (κ3) is 5.72. The lowest BCUT2D eigenvalue weighted by atomic mass is 10.1. The largest absolute Gasteiger partial charge is 0.462 e. The zero-order valence-corrected chi connectivity index (χ0v) is 16.6. The molecule has 2 rings (SSSR count). The quantitative estimate of drug-likeness (QED) is 0.309. The zero-order valence-electron chi connectivity index (χ0n) is 16.6. The van der Waals surface area contributed by atoms with Gasteiger partial charge in [-0.3, -0.25) is 0 Å². The molecule has 2 heterocycles. The van der Waals surface area contributed by atoms with Crippen LogP contribution in [0.2, 0.25) is 0 Å². The third-order valence-electron chi connectivity index (χ3n) is 4.27. The molecule has 0 spiro atoms. The fourth-order valence-corrected chi connectivity index (χ4v) is 2.82. The maximum atomic E-state index is 12.4. The van der Waals surface area contributed by atoms with Crippen molar-refractivity contribution in [3.63, 3.8) is 0 Å². The normalized spacial score (nSPS) is 15.3. The smallest absolute Gasteiger partial charge is 0.348 e. The van der Waals surface area contributed by atoms with Crippen LogP contribution in [-0.2, 0) is 19.1 Å². The van der Waals surface area contributed by atoms with Crippen LogP contribution in [0.4, 0.5) is 5.82 Å². The van der Waals surface area contributed by atoms with E-state index < -0.39 is 11.9 Å². The fourth-order valence-electron chi connectivity index (χ4n) is 2.82. The van der Waals surface area contributed by atoms with Crippen LogP contribution in [0.3, 0.4) is 0 Å². The van der Waals surface area contributed by atoms with Crippen molar-refractivity contribution < 1.29 is 19.1 Å². The summed E-state index contributed by atoms with van der Waals surface area (Å²) in [7, 11) is 0. The Balaban J connectivity index is 2.25. The van der Waals surface area contributed by atoms with E-state index in [2.05, 4.69) is 9.88 Å². The summed E-state index contributed by atoms with van der Waals surface area (Å²) < 4.78 is 9.91. The van der Waals surface area contributed by atoms with Gasteiger partial charge in [-0.25, -0.2) is 14.6 Å². The number of aromatic nitrogens is 1. The maximum Gasteiger partial charge on any atom is 0.348 e. The average Bonchev–Trinajstić information content (AvgIpc) is 2.75. The van der Waals surface area contributed by atoms with Gasteiger partial charge in [-0.2, -0.15) is 5.26 Å². The predicted octanol–water partition coefficient (Wildman–Crippen LogP) is 0.950. The van der Waals surface area contributed by atoms with Gasteiger partial charge in [-0.1, -0.05) is 6.07 Å². The molecule has 1 aromatic rings. The topological polar surface area (TPSA) is 122 Å². The van der Waals surface area contributed by atoms with Gasteiger partial charge in [0.25, 0.3) is 0 Å². The summed E-state index contributed by atoms with van der Waals surface area (Å²) in [6.45, 7) is 5.93. The minimum absolute atomic E-state index is 0.0391. The Labute approximate surface area is 170 Å². The predicted molar refractivity (Wildman–Crippen MR) is 106 cm³/mol. The first-order valence-electron chi connectivity index (χ1n) is 9.38. The van der Waals surface area contributed by atoms with E-state index in [4.69, 9.17) is 15.2 Å². The molecule has 1 saturated heterocycles. The first-order valence-corrected chi connectivity index (χ1v) is 9.38. The molecule has 0 unspecified atom stereocenters. The Hall–Kier alpha value is -3.54. The highest BCUT2D eigenvalue weighted by atomic mass is 16.5. The number of nitrogens with zero attached hydrogens (tertiary/aromatic N) is 4. The molecule has 2 N–H and O–H groups in total. The summed E-state index contributed by atoms with van der Waals surface area (Å²) in [5, 5.41) is 9.27. The van der Waals surface area contributed by atoms with Gasteiger partial charge < -0.3 is 25.0 Å². The van der Waals surface area contributed by atoms with E-state index in [1.807, 2.05) is 23.1 Å². The second-order valence-electron chi connectivity index (χ2n) is 6.07. The van der Waals surface area contributed by atoms with E-state index >= 15 is 0 Å². The molecule has 1 aliphatic heterocycles. The van der Waals surface area contributed by atoms with Crippen LogP contribution in [0.5, 0.6) is 0 Å². The third-order valence-corrected chi connectivity index (χ3v) is 4.27. The van der Waals surface area contributed by atoms with Gasteiger partial charge >= 0.3 is 11.9 Å². The van der Waals surface area contributed by atoms with Crippen molar-refractivity contribution in [2.75, 3.05) is 44.3 Å². The van der Waals surface area contributed by atoms with Crippen molar-refractivity contribution in [3.8, 4) is 6.07 Å². The van der Waals surface area contributed by atoms with Gasteiger partial charge in [0.15, 0.2) is 0 Å². The lowest BCUT2D eigenvalue weighted by Gasteiger charge is -2.37. The van der Waals surface area contributed by atoms with Crippen molar-refractivity contribution in [1.82, 2.24) is 9.88 Å². The molecule has 1 aromatic heterocycles. The van der Waals surface area contributed by atoms with Crippen molar-refractivity contribution in [1.29, 1.82) is 5.26 Å². The van der Waals surface area contributed by atoms with Gasteiger partial charge in [-0.15, -0.1) is 0 Å². The second-order valence-corrected chi connectivity index (χ2v) is 6.07. The Morgan fingerprint density at radius 3 is 2.38 bits per heavy atom. The number of hydrogen-bond donors (Lipinski definition) is 1. The highest BCUT2D eigenvalue weighted by Gasteiger charge is 2.24. The highest BCUT2D eigenvalue weighted by molar-refractivity contribution is 5.99. The van der Waals surface area contributed by atoms with Gasteiger partial charge in [-0.05, 0) is 32.1 Å². The molecule has 1 aliphatic rings. The maximum absolute atomic E-state index is 12.4. The van der Waals surface area contributed by atoms with Crippen LogP contribution in [0, 0.1) is 11.3 Å². The molecule has 1 fully saturated rings. The summed E-state index contributed by atoms with van der Waals surface area (Å²) in [6.07, 6.45) is 2.87. The average molecular weight is 399 g/mol. The summed E-state index contributed by atoms with van der Waals surface area (Å²) in [5.74, 6) is -0.491. The van der Waals surface area contributed by atoms with E-state index in [0.717, 1.165) is 11.9 Å². The lowest BCUT2D eigenvalue weighted by Crippen LogP contribution is -2.48. The van der Waals surface area contributed by atoms with Gasteiger partial charge in [0, 0.05) is 32.4 Å². The van der Waals surface area contributed by atoms with Gasteiger partial charge in [0.2, 0.25) is 0 Å². The molecule has 0 radical (unpaired) electrons. The number of nitrogens with two attached hydrogens (primary N) is 1. The molecule has 0 bridgehead atoms. The summed E-state index contributed by atoms with van der Waals surface area (Å²) in [5.41, 5.74) is 5.90. The number of carbonyl (C=O) groups excluding carboxylic acids is 2. The van der Waals surface area contributed by atoms with Crippen LogP contribution >= 0.6 is 0 Å². The number of nitriles is 1. The highest BCUT2D eigenvalue weighted by Crippen LogP contribution is 2.17. The molecule has 154 valence electrons. The van der Waals surface area contributed by atoms with Crippen molar-refractivity contribution >= 4 is 17.8 Å². The first-order chi connectivity index (χ1) is 14.0. The van der Waals surface area contributed by atoms with E-state index in [-0.39, 0.29) is 30.2 Å². The number of ether oxygens (including phenoxy) is 2. The van der Waals surface area contributed by atoms with Crippen LogP contribution in [-0.4, -0.2) is 61.2 Å². The number of pyridine rings is 1. The monoisotopic (exact) mass is 399 g/mol. The Morgan fingerprint density at radius 1 is 1.17 bits per heavy atom. The van der Waals surface area contributed by atoms with Crippen LogP contribution in [0.15, 0.2) is 47.4 Å². The van der Waals surface area contributed by atoms with Gasteiger partial charge in [0.05, 0.1) is 13.2 Å². The number of anilines is 1. The number of hydrogen-bond acceptors (Lipinski definition) is 9. The lowest BCUT2D eigenvalue weighted by molar-refractivity contribution is -0.138. The minimum Gasteiger partial charge on any atom is -0.462 e. The van der Waals surface area contributed by atoms with Crippen LogP contribution < -0.4 is 10.6 Å². The number of esters is 2. The second kappa shape index (κ2) is 10.7. The molecule has 9 nitrogen and oxygen atoms in total. The SMILES string of the molecule is CCOC(=O)C(C#N)=CC(C(=O)OCC)=C(N)N1CCN(c2ccccn2)CC1. The standard InChI is InChI=1S/C20H25N5O4/c1-3-28-19(26)15(14-21)13-16(20(27)29-4-2)18(22)25-11-9-24(10-12-25)17-7-5-6-8-23-17/h5-8,13H,3-4,9-12,22H2,1-2H3. The summed E-state index contributed by atoms with van der Waals surface area (Å²) >= 11 is 0. The van der Waals surface area contributed by atoms with E-state index in [1.165, 1.54) is 0 Å². The Kier molecular flexibility index (Phi) is 8.03. The first kappa shape index (κ1) is 21.8. The molecule has 0 amide bonds. The minimum atomic E-state index is -0.815. The molecule has 9 heteroatoms. The molecule has 29 heavy (non-hydrogen) atoms. The molecule has 0 saturated carbocycles. The van der Waals surface area contributed by atoms with Crippen LogP contribution in [0.1, 0.15) is 13.8 Å². The number of rotatable bonds is 7. The number of piperazine rings is 1. The summed E-state index contributed by atoms with van der Waals surface area (Å²) in [6, 6.07) is 7.46. The molecule has 0 aromatic carbocycles. The molecule has 0 atom stereocenters. The fraction of sp³-hybridized carbons (Fsp3) is 0.400. The van der Waals surface area contributed by atoms with Crippen molar-refractivity contribution in [3.05, 3.63) is 47.4 Å². The molecule has 0 aliphatic carbocycles. The van der Waals surface area contributed by atoms with E-state index in [9.17, 15) is 14.9 Å². The Bertz CT molecular complexity index is 821. The van der Waals surface area contributed by atoms with Gasteiger partial charge in [0.1, 0.15) is 28.9 Å². The summed E-state index contributed by atoms with van der Waals surface area (Å²) in [4.78, 5) is 32.6. The van der Waals surface area contributed by atoms with E-state index in [0.29, 0.717) is 26.2 Å². The zero-order chi connectivity index (χ0) is 21.2. The van der Waals surface area contributed by atoms with Crippen molar-refractivity contribution in [2.45, 2.75) is 13.8 Å². The molecular weight excluding hydrogens is 374 g/mol. The number of carbonyl (C=O) groups is 2. The Morgan fingerprint density at radius 2 is 1.83 bits per heavy atom. The van der Waals surface area contributed by atoms with E-state index in [1.54, 1.807) is 26.1 Å². The van der Waals surface area contributed by atoms with Crippen LogP contribution in [0.25, 0.3) is 0 Å². The van der Waals surface area contributed by atoms with Crippen molar-refractivity contribution in [2.24, 2.45) is 5.73 Å².